The maximum absolute atomic E-state index is 12.2. The summed E-state index contributed by atoms with van der Waals surface area (Å²) >= 11 is 0. The molecule has 8 nitrogen and oxygen atoms in total. The van der Waals surface area contributed by atoms with Gasteiger partial charge in [-0.15, -0.1) is 0 Å². The molecule has 1 atom stereocenters. The third kappa shape index (κ3) is 6.76. The maximum Gasteiger partial charge on any atom is 0.322 e. The third-order valence-corrected chi connectivity index (χ3v) is 4.58. The molecular weight excluding hydrogens is 370 g/mol. The third-order valence-electron chi connectivity index (χ3n) is 4.58. The van der Waals surface area contributed by atoms with Crippen LogP contribution in [0.1, 0.15) is 41.0 Å². The Morgan fingerprint density at radius 2 is 1.66 bits per heavy atom. The number of amidine groups is 2. The van der Waals surface area contributed by atoms with Gasteiger partial charge >= 0.3 is 5.97 Å². The van der Waals surface area contributed by atoms with Crippen molar-refractivity contribution >= 4 is 23.5 Å². The SMILES string of the molecule is N=C(N)c1ccc(CCC(CC(=O)NCC(=O)O)c2cccc(C(=N)N)c2)cc1. The molecule has 0 heterocycles. The van der Waals surface area contributed by atoms with Crippen LogP contribution in [0.25, 0.3) is 0 Å². The fraction of sp³-hybridized carbons (Fsp3) is 0.238. The molecule has 0 spiro atoms. The van der Waals surface area contributed by atoms with E-state index in [1.165, 1.54) is 0 Å². The second-order valence-corrected chi connectivity index (χ2v) is 6.76. The molecule has 8 N–H and O–H groups in total. The number of hydrogen-bond acceptors (Lipinski definition) is 4. The van der Waals surface area contributed by atoms with E-state index in [0.29, 0.717) is 24.0 Å². The standard InChI is InChI=1S/C21H25N5O3/c22-20(23)14-7-4-13(5-8-14)6-9-16(11-18(27)26-12-19(28)29)15-2-1-3-17(10-15)21(24)25/h1-5,7-8,10,16H,6,9,11-12H2,(H3,22,23)(H3,24,25)(H,26,27)(H,28,29). The zero-order valence-corrected chi connectivity index (χ0v) is 15.9. The van der Waals surface area contributed by atoms with Crippen LogP contribution in [0, 0.1) is 10.8 Å². The van der Waals surface area contributed by atoms with Gasteiger partial charge in [-0.3, -0.25) is 20.4 Å². The Hall–Kier alpha value is -3.68. The number of aryl methyl sites for hydroxylation is 1. The van der Waals surface area contributed by atoms with Crippen LogP contribution in [0.3, 0.4) is 0 Å². The summed E-state index contributed by atoms with van der Waals surface area (Å²) in [6, 6.07) is 14.5. The summed E-state index contributed by atoms with van der Waals surface area (Å²) in [6.45, 7) is -0.425. The van der Waals surface area contributed by atoms with Crippen LogP contribution in [0.15, 0.2) is 48.5 Å². The lowest BCUT2D eigenvalue weighted by molar-refractivity contribution is -0.138. The Labute approximate surface area is 168 Å². The molecule has 0 aromatic heterocycles. The smallest absolute Gasteiger partial charge is 0.322 e. The van der Waals surface area contributed by atoms with E-state index < -0.39 is 12.5 Å². The summed E-state index contributed by atoms with van der Waals surface area (Å²) in [6.07, 6.45) is 1.45. The van der Waals surface area contributed by atoms with Gasteiger partial charge in [0.05, 0.1) is 0 Å². The summed E-state index contributed by atoms with van der Waals surface area (Å²) < 4.78 is 0. The number of carboxylic acids is 1. The van der Waals surface area contributed by atoms with E-state index in [0.717, 1.165) is 11.1 Å². The minimum atomic E-state index is -1.10. The molecule has 2 aromatic carbocycles. The second-order valence-electron chi connectivity index (χ2n) is 6.76. The zero-order chi connectivity index (χ0) is 21.4. The predicted octanol–water partition coefficient (Wildman–Crippen LogP) is 1.56. The first-order chi connectivity index (χ1) is 13.8. The van der Waals surface area contributed by atoms with Gasteiger partial charge in [-0.1, -0.05) is 42.5 Å². The topological polar surface area (TPSA) is 166 Å². The van der Waals surface area contributed by atoms with Crippen molar-refractivity contribution in [3.05, 3.63) is 70.8 Å². The van der Waals surface area contributed by atoms with E-state index >= 15 is 0 Å². The molecule has 29 heavy (non-hydrogen) atoms. The number of carboxylic acid groups (broad SMARTS) is 1. The number of amides is 1. The number of carbonyl (C=O) groups excluding carboxylic acids is 1. The fourth-order valence-electron chi connectivity index (χ4n) is 3.01. The molecule has 152 valence electrons. The number of nitrogens with two attached hydrogens (primary N) is 2. The lowest BCUT2D eigenvalue weighted by Crippen LogP contribution is -2.30. The van der Waals surface area contributed by atoms with Crippen molar-refractivity contribution in [2.24, 2.45) is 11.5 Å². The molecule has 1 amide bonds. The van der Waals surface area contributed by atoms with Gasteiger partial charge < -0.3 is 21.9 Å². The quantitative estimate of drug-likeness (QED) is 0.265. The number of nitrogens with one attached hydrogen (secondary N) is 3. The largest absolute Gasteiger partial charge is 0.480 e. The number of aliphatic carboxylic acids is 1. The Morgan fingerprint density at radius 3 is 2.24 bits per heavy atom. The zero-order valence-electron chi connectivity index (χ0n) is 15.9. The van der Waals surface area contributed by atoms with Crippen LogP contribution in [-0.2, 0) is 16.0 Å². The Kier molecular flexibility index (Phi) is 7.47. The molecular formula is C21H25N5O3. The number of rotatable bonds is 10. The molecule has 0 aliphatic rings. The fourth-order valence-corrected chi connectivity index (χ4v) is 3.01. The molecule has 0 radical (unpaired) electrons. The summed E-state index contributed by atoms with van der Waals surface area (Å²) in [5.41, 5.74) is 14.2. The number of nitrogen functional groups attached to an aromatic ring is 2. The molecule has 0 aliphatic heterocycles. The number of hydrogen-bond donors (Lipinski definition) is 6. The van der Waals surface area contributed by atoms with Crippen molar-refractivity contribution < 1.29 is 14.7 Å². The monoisotopic (exact) mass is 395 g/mol. The van der Waals surface area contributed by atoms with Gasteiger partial charge in [0.25, 0.3) is 0 Å². The van der Waals surface area contributed by atoms with E-state index in [9.17, 15) is 9.59 Å². The minimum Gasteiger partial charge on any atom is -0.480 e. The van der Waals surface area contributed by atoms with Crippen LogP contribution >= 0.6 is 0 Å². The van der Waals surface area contributed by atoms with Crippen molar-refractivity contribution in [1.82, 2.24) is 5.32 Å². The lowest BCUT2D eigenvalue weighted by atomic mass is 9.88. The van der Waals surface area contributed by atoms with Crippen LogP contribution < -0.4 is 16.8 Å². The minimum absolute atomic E-state index is 0.00516. The Bertz CT molecular complexity index is 909. The van der Waals surface area contributed by atoms with Gasteiger partial charge in [0, 0.05) is 17.5 Å². The Morgan fingerprint density at radius 1 is 1.00 bits per heavy atom. The highest BCUT2D eigenvalue weighted by Gasteiger charge is 2.18. The Balaban J connectivity index is 2.16. The van der Waals surface area contributed by atoms with Gasteiger partial charge in [-0.25, -0.2) is 0 Å². The van der Waals surface area contributed by atoms with Crippen molar-refractivity contribution in [3.8, 4) is 0 Å². The molecule has 1 unspecified atom stereocenters. The summed E-state index contributed by atoms with van der Waals surface area (Å²) in [4.78, 5) is 22.9. The van der Waals surface area contributed by atoms with Crippen molar-refractivity contribution in [3.63, 3.8) is 0 Å². The van der Waals surface area contributed by atoms with Crippen molar-refractivity contribution in [1.29, 1.82) is 10.8 Å². The highest BCUT2D eigenvalue weighted by Crippen LogP contribution is 2.26. The average Bonchev–Trinajstić information content (AvgIpc) is 2.69. The summed E-state index contributed by atoms with van der Waals surface area (Å²) in [7, 11) is 0. The van der Waals surface area contributed by atoms with Gasteiger partial charge in [-0.2, -0.15) is 0 Å². The molecule has 0 saturated heterocycles. The maximum atomic E-state index is 12.2. The summed E-state index contributed by atoms with van der Waals surface area (Å²) in [5.74, 6) is -1.67. The van der Waals surface area contributed by atoms with Crippen LogP contribution in [-0.4, -0.2) is 35.2 Å². The van der Waals surface area contributed by atoms with E-state index in [4.69, 9.17) is 27.4 Å². The first kappa shape index (κ1) is 21.6. The van der Waals surface area contributed by atoms with Crippen molar-refractivity contribution in [2.45, 2.75) is 25.2 Å². The van der Waals surface area contributed by atoms with Crippen LogP contribution in [0.2, 0.25) is 0 Å². The molecule has 0 aliphatic carbocycles. The number of benzene rings is 2. The molecule has 0 saturated carbocycles. The molecule has 8 heteroatoms. The van der Waals surface area contributed by atoms with Crippen molar-refractivity contribution in [2.75, 3.05) is 6.54 Å². The van der Waals surface area contributed by atoms with E-state index in [2.05, 4.69) is 5.32 Å². The molecule has 0 fully saturated rings. The van der Waals surface area contributed by atoms with Crippen LogP contribution in [0.4, 0.5) is 0 Å². The van der Waals surface area contributed by atoms with Gasteiger partial charge in [0.1, 0.15) is 18.2 Å². The van der Waals surface area contributed by atoms with E-state index in [1.807, 2.05) is 18.2 Å². The van der Waals surface area contributed by atoms with E-state index in [-0.39, 0.29) is 29.9 Å². The average molecular weight is 395 g/mol. The predicted molar refractivity (Wildman–Crippen MR) is 111 cm³/mol. The first-order valence-electron chi connectivity index (χ1n) is 9.12. The molecule has 0 bridgehead atoms. The first-order valence-corrected chi connectivity index (χ1v) is 9.12. The van der Waals surface area contributed by atoms with Gasteiger partial charge in [0.2, 0.25) is 5.91 Å². The van der Waals surface area contributed by atoms with Gasteiger partial charge in [-0.05, 0) is 36.0 Å². The lowest BCUT2D eigenvalue weighted by Gasteiger charge is -2.18. The second kappa shape index (κ2) is 10.0. The summed E-state index contributed by atoms with van der Waals surface area (Å²) in [5, 5.41) is 26.2. The molecule has 2 aromatic rings. The van der Waals surface area contributed by atoms with Gasteiger partial charge in [0.15, 0.2) is 0 Å². The number of carbonyl (C=O) groups is 2. The highest BCUT2D eigenvalue weighted by molar-refractivity contribution is 5.95. The molecule has 2 rings (SSSR count). The van der Waals surface area contributed by atoms with Crippen LogP contribution in [0.5, 0.6) is 0 Å². The van der Waals surface area contributed by atoms with E-state index in [1.54, 1.807) is 30.3 Å². The normalized spacial score (nSPS) is 11.4. The highest BCUT2D eigenvalue weighted by atomic mass is 16.4.